The van der Waals surface area contributed by atoms with Crippen LogP contribution in [0.4, 0.5) is 0 Å². The highest BCUT2D eigenvalue weighted by Gasteiger charge is 2.27. The SMILES string of the molecule is Cc1cccc(CCC(C)NC2CCCCC2C(C)C)c1. The molecule has 0 bridgehead atoms. The molecular weight excluding hydrogens is 254 g/mol. The van der Waals surface area contributed by atoms with Crippen molar-refractivity contribution in [3.63, 3.8) is 0 Å². The van der Waals surface area contributed by atoms with Crippen molar-refractivity contribution in [2.75, 3.05) is 0 Å². The quantitative estimate of drug-likeness (QED) is 0.765. The topological polar surface area (TPSA) is 12.0 Å². The Morgan fingerprint density at radius 1 is 1.14 bits per heavy atom. The number of nitrogens with one attached hydrogen (secondary N) is 1. The molecule has 1 N–H and O–H groups in total. The molecule has 0 saturated heterocycles. The van der Waals surface area contributed by atoms with Crippen molar-refractivity contribution in [2.45, 2.75) is 78.3 Å². The largest absolute Gasteiger partial charge is 0.311 e. The van der Waals surface area contributed by atoms with Crippen LogP contribution >= 0.6 is 0 Å². The normalized spacial score (nSPS) is 24.2. The molecule has 0 radical (unpaired) electrons. The first kappa shape index (κ1) is 16.5. The molecule has 0 aliphatic heterocycles. The van der Waals surface area contributed by atoms with Crippen molar-refractivity contribution in [3.8, 4) is 0 Å². The van der Waals surface area contributed by atoms with Crippen LogP contribution in [0, 0.1) is 18.8 Å². The third-order valence-electron chi connectivity index (χ3n) is 5.12. The molecule has 0 amide bonds. The molecule has 1 nitrogen and oxygen atoms in total. The summed E-state index contributed by atoms with van der Waals surface area (Å²) in [5, 5.41) is 3.94. The lowest BCUT2D eigenvalue weighted by Crippen LogP contribution is -2.45. The van der Waals surface area contributed by atoms with E-state index in [1.165, 1.54) is 49.7 Å². The lowest BCUT2D eigenvalue weighted by Gasteiger charge is -2.37. The van der Waals surface area contributed by atoms with Gasteiger partial charge in [-0.1, -0.05) is 56.5 Å². The molecule has 0 spiro atoms. The van der Waals surface area contributed by atoms with E-state index in [1.807, 2.05) is 0 Å². The van der Waals surface area contributed by atoms with Gasteiger partial charge in [-0.05, 0) is 56.9 Å². The van der Waals surface area contributed by atoms with Crippen LogP contribution in [0.1, 0.15) is 64.0 Å². The number of hydrogen-bond acceptors (Lipinski definition) is 1. The Morgan fingerprint density at radius 2 is 1.90 bits per heavy atom. The van der Waals surface area contributed by atoms with Gasteiger partial charge in [0.15, 0.2) is 0 Å². The highest BCUT2D eigenvalue weighted by atomic mass is 15.0. The summed E-state index contributed by atoms with van der Waals surface area (Å²) in [5.41, 5.74) is 2.85. The minimum Gasteiger partial charge on any atom is -0.311 e. The first-order valence-electron chi connectivity index (χ1n) is 8.88. The fourth-order valence-electron chi connectivity index (χ4n) is 3.86. The number of hydrogen-bond donors (Lipinski definition) is 1. The second kappa shape index (κ2) is 7.98. The van der Waals surface area contributed by atoms with E-state index in [0.29, 0.717) is 6.04 Å². The molecule has 3 unspecified atom stereocenters. The van der Waals surface area contributed by atoms with Gasteiger partial charge in [0.1, 0.15) is 0 Å². The molecule has 1 aliphatic carbocycles. The van der Waals surface area contributed by atoms with Crippen LogP contribution in [-0.2, 0) is 6.42 Å². The van der Waals surface area contributed by atoms with E-state index in [9.17, 15) is 0 Å². The standard InChI is InChI=1S/C20H33N/c1-15(2)19-10-5-6-11-20(19)21-17(4)12-13-18-9-7-8-16(3)14-18/h7-9,14-15,17,19-21H,5-6,10-13H2,1-4H3. The van der Waals surface area contributed by atoms with Gasteiger partial charge < -0.3 is 5.32 Å². The van der Waals surface area contributed by atoms with E-state index in [4.69, 9.17) is 0 Å². The van der Waals surface area contributed by atoms with Gasteiger partial charge in [0.25, 0.3) is 0 Å². The molecule has 1 aliphatic rings. The van der Waals surface area contributed by atoms with Gasteiger partial charge in [-0.15, -0.1) is 0 Å². The maximum absolute atomic E-state index is 3.94. The summed E-state index contributed by atoms with van der Waals surface area (Å²) in [6.45, 7) is 9.33. The Labute approximate surface area is 131 Å². The average molecular weight is 287 g/mol. The van der Waals surface area contributed by atoms with E-state index in [2.05, 4.69) is 57.3 Å². The van der Waals surface area contributed by atoms with Crippen molar-refractivity contribution < 1.29 is 0 Å². The number of rotatable bonds is 6. The Kier molecular flexibility index (Phi) is 6.29. The zero-order valence-electron chi connectivity index (χ0n) is 14.4. The van der Waals surface area contributed by atoms with E-state index in [0.717, 1.165) is 17.9 Å². The van der Waals surface area contributed by atoms with Gasteiger partial charge >= 0.3 is 0 Å². The third kappa shape index (κ3) is 5.14. The zero-order chi connectivity index (χ0) is 15.2. The number of aryl methyl sites for hydroxylation is 2. The lowest BCUT2D eigenvalue weighted by molar-refractivity contribution is 0.192. The molecule has 0 aromatic heterocycles. The van der Waals surface area contributed by atoms with Gasteiger partial charge in [0.05, 0.1) is 0 Å². The van der Waals surface area contributed by atoms with Crippen LogP contribution in [0.15, 0.2) is 24.3 Å². The van der Waals surface area contributed by atoms with Crippen LogP contribution in [0.2, 0.25) is 0 Å². The maximum Gasteiger partial charge on any atom is 0.0100 e. The van der Waals surface area contributed by atoms with Crippen LogP contribution in [0.25, 0.3) is 0 Å². The first-order valence-corrected chi connectivity index (χ1v) is 8.88. The molecule has 21 heavy (non-hydrogen) atoms. The summed E-state index contributed by atoms with van der Waals surface area (Å²) < 4.78 is 0. The molecule has 1 fully saturated rings. The molecule has 0 heterocycles. The summed E-state index contributed by atoms with van der Waals surface area (Å²) in [6, 6.07) is 10.3. The van der Waals surface area contributed by atoms with E-state index < -0.39 is 0 Å². The Bertz CT molecular complexity index is 424. The minimum absolute atomic E-state index is 0.620. The van der Waals surface area contributed by atoms with Crippen molar-refractivity contribution in [1.82, 2.24) is 5.32 Å². The molecule has 118 valence electrons. The molecule has 1 saturated carbocycles. The Hall–Kier alpha value is -0.820. The molecule has 1 aromatic rings. The van der Waals surface area contributed by atoms with Gasteiger partial charge in [0.2, 0.25) is 0 Å². The minimum atomic E-state index is 0.620. The first-order chi connectivity index (χ1) is 10.1. The Balaban J connectivity index is 1.81. The van der Waals surface area contributed by atoms with Crippen LogP contribution in [0.3, 0.4) is 0 Å². The Morgan fingerprint density at radius 3 is 2.62 bits per heavy atom. The van der Waals surface area contributed by atoms with Crippen molar-refractivity contribution in [2.24, 2.45) is 11.8 Å². The summed E-state index contributed by atoms with van der Waals surface area (Å²) >= 11 is 0. The molecular formula is C20H33N. The average Bonchev–Trinajstić information content (AvgIpc) is 2.45. The molecule has 1 heteroatoms. The maximum atomic E-state index is 3.94. The smallest absolute Gasteiger partial charge is 0.0100 e. The van der Waals surface area contributed by atoms with Gasteiger partial charge in [-0.3, -0.25) is 0 Å². The van der Waals surface area contributed by atoms with Crippen LogP contribution in [0.5, 0.6) is 0 Å². The lowest BCUT2D eigenvalue weighted by atomic mass is 9.77. The predicted octanol–water partition coefficient (Wildman–Crippen LogP) is 5.12. The highest BCUT2D eigenvalue weighted by Crippen LogP contribution is 2.30. The van der Waals surface area contributed by atoms with E-state index >= 15 is 0 Å². The van der Waals surface area contributed by atoms with E-state index in [1.54, 1.807) is 0 Å². The summed E-state index contributed by atoms with van der Waals surface area (Å²) in [6.07, 6.45) is 8.06. The van der Waals surface area contributed by atoms with Crippen molar-refractivity contribution >= 4 is 0 Å². The summed E-state index contributed by atoms with van der Waals surface area (Å²) in [7, 11) is 0. The molecule has 1 aromatic carbocycles. The second-order valence-corrected chi connectivity index (χ2v) is 7.39. The van der Waals surface area contributed by atoms with Crippen molar-refractivity contribution in [3.05, 3.63) is 35.4 Å². The van der Waals surface area contributed by atoms with Gasteiger partial charge in [-0.2, -0.15) is 0 Å². The second-order valence-electron chi connectivity index (χ2n) is 7.39. The van der Waals surface area contributed by atoms with Gasteiger partial charge in [0, 0.05) is 12.1 Å². The molecule has 3 atom stereocenters. The van der Waals surface area contributed by atoms with Crippen LogP contribution < -0.4 is 5.32 Å². The predicted molar refractivity (Wildman–Crippen MR) is 92.7 cm³/mol. The highest BCUT2D eigenvalue weighted by molar-refractivity contribution is 5.22. The zero-order valence-corrected chi connectivity index (χ0v) is 14.4. The molecule has 2 rings (SSSR count). The fraction of sp³-hybridized carbons (Fsp3) is 0.700. The monoisotopic (exact) mass is 287 g/mol. The summed E-state index contributed by atoms with van der Waals surface area (Å²) in [4.78, 5) is 0. The van der Waals surface area contributed by atoms with Crippen LogP contribution in [-0.4, -0.2) is 12.1 Å². The number of benzene rings is 1. The summed E-state index contributed by atoms with van der Waals surface area (Å²) in [5.74, 6) is 1.69. The van der Waals surface area contributed by atoms with E-state index in [-0.39, 0.29) is 0 Å². The fourth-order valence-corrected chi connectivity index (χ4v) is 3.86. The van der Waals surface area contributed by atoms with Crippen molar-refractivity contribution in [1.29, 1.82) is 0 Å². The van der Waals surface area contributed by atoms with Gasteiger partial charge in [-0.25, -0.2) is 0 Å². The third-order valence-corrected chi connectivity index (χ3v) is 5.12.